The number of carbonyl (C=O) groups excluding carboxylic acids is 1. The van der Waals surface area contributed by atoms with Gasteiger partial charge in [0, 0.05) is 36.5 Å². The number of nitrogens with zero attached hydrogens (tertiary/aromatic N) is 1. The number of hydrogen-bond acceptors (Lipinski definition) is 4. The minimum Gasteiger partial charge on any atom is -0.356 e. The molecule has 0 spiro atoms. The highest BCUT2D eigenvalue weighted by molar-refractivity contribution is 7.09. The predicted molar refractivity (Wildman–Crippen MR) is 103 cm³/mol. The van der Waals surface area contributed by atoms with E-state index in [2.05, 4.69) is 33.0 Å². The summed E-state index contributed by atoms with van der Waals surface area (Å²) in [6.07, 6.45) is 8.19. The van der Waals surface area contributed by atoms with Gasteiger partial charge in [-0.15, -0.1) is 11.3 Å². The van der Waals surface area contributed by atoms with Crippen LogP contribution in [0.25, 0.3) is 0 Å². The van der Waals surface area contributed by atoms with Gasteiger partial charge in [0.15, 0.2) is 0 Å². The Hall–Kier alpha value is -0.910. The maximum Gasteiger partial charge on any atom is 0.220 e. The van der Waals surface area contributed by atoms with E-state index in [1.165, 1.54) is 43.4 Å². The molecule has 1 aromatic heterocycles. The van der Waals surface area contributed by atoms with Gasteiger partial charge in [-0.2, -0.15) is 0 Å². The van der Waals surface area contributed by atoms with Crippen molar-refractivity contribution in [1.29, 1.82) is 0 Å². The molecular formula is C20H31N3OS. The summed E-state index contributed by atoms with van der Waals surface area (Å²) in [5, 5.41) is 9.05. The van der Waals surface area contributed by atoms with Gasteiger partial charge >= 0.3 is 0 Å². The van der Waals surface area contributed by atoms with Crippen molar-refractivity contribution in [3.8, 4) is 0 Å². The summed E-state index contributed by atoms with van der Waals surface area (Å²) in [5.74, 6) is 1.55. The van der Waals surface area contributed by atoms with Gasteiger partial charge in [0.25, 0.3) is 0 Å². The molecule has 3 aliphatic heterocycles. The summed E-state index contributed by atoms with van der Waals surface area (Å²) in [6, 6.07) is 5.73. The third-order valence-corrected chi connectivity index (χ3v) is 7.16. The molecule has 3 saturated heterocycles. The number of rotatable bonds is 6. The van der Waals surface area contributed by atoms with E-state index in [0.29, 0.717) is 23.9 Å². The molecule has 25 heavy (non-hydrogen) atoms. The largest absolute Gasteiger partial charge is 0.356 e. The van der Waals surface area contributed by atoms with E-state index < -0.39 is 0 Å². The Morgan fingerprint density at radius 3 is 2.60 bits per heavy atom. The average Bonchev–Trinajstić information content (AvgIpc) is 3.24. The van der Waals surface area contributed by atoms with Crippen molar-refractivity contribution in [2.75, 3.05) is 19.6 Å². The van der Waals surface area contributed by atoms with E-state index in [1.54, 1.807) is 0 Å². The molecule has 0 saturated carbocycles. The van der Waals surface area contributed by atoms with Gasteiger partial charge in [-0.3, -0.25) is 9.69 Å². The number of carbonyl (C=O) groups is 1. The van der Waals surface area contributed by atoms with Gasteiger partial charge in [0.05, 0.1) is 0 Å². The molecule has 138 valence electrons. The van der Waals surface area contributed by atoms with Crippen LogP contribution in [0.1, 0.15) is 49.8 Å². The first-order valence-electron chi connectivity index (χ1n) is 10.0. The monoisotopic (exact) mass is 361 g/mol. The van der Waals surface area contributed by atoms with Crippen LogP contribution in [0.3, 0.4) is 0 Å². The van der Waals surface area contributed by atoms with Crippen molar-refractivity contribution in [2.24, 2.45) is 11.8 Å². The SMILES string of the molecule is O=C(CC1CC2CCC(C1)N2)NCC1CCN(Cc2cccs2)CC1. The van der Waals surface area contributed by atoms with Crippen LogP contribution in [0.4, 0.5) is 0 Å². The quantitative estimate of drug-likeness (QED) is 0.819. The Kier molecular flexibility index (Phi) is 5.73. The van der Waals surface area contributed by atoms with Gasteiger partial charge in [0.2, 0.25) is 5.91 Å². The average molecular weight is 362 g/mol. The lowest BCUT2D eigenvalue weighted by Crippen LogP contribution is -2.41. The molecule has 4 heterocycles. The van der Waals surface area contributed by atoms with Crippen molar-refractivity contribution < 1.29 is 4.79 Å². The molecule has 0 radical (unpaired) electrons. The first-order chi connectivity index (χ1) is 12.2. The van der Waals surface area contributed by atoms with E-state index in [4.69, 9.17) is 0 Å². The second-order valence-electron chi connectivity index (χ2n) is 8.28. The molecular weight excluding hydrogens is 330 g/mol. The number of piperidine rings is 2. The summed E-state index contributed by atoms with van der Waals surface area (Å²) < 4.78 is 0. The summed E-state index contributed by atoms with van der Waals surface area (Å²) >= 11 is 1.85. The third kappa shape index (κ3) is 4.83. The molecule has 5 heteroatoms. The van der Waals surface area contributed by atoms with Gasteiger partial charge in [-0.05, 0) is 74.9 Å². The molecule has 2 unspecified atom stereocenters. The standard InChI is InChI=1S/C20H31N3OS/c24-20(12-16-10-17-3-4-18(11-16)22-17)21-13-15-5-7-23(8-6-15)14-19-2-1-9-25-19/h1-2,9,15-18,22H,3-8,10-14H2,(H,21,24). The zero-order valence-corrected chi connectivity index (χ0v) is 15.9. The lowest BCUT2D eigenvalue weighted by molar-refractivity contribution is -0.122. The van der Waals surface area contributed by atoms with Crippen LogP contribution in [0.2, 0.25) is 0 Å². The fourth-order valence-corrected chi connectivity index (χ4v) is 5.65. The molecule has 1 aromatic rings. The van der Waals surface area contributed by atoms with Crippen molar-refractivity contribution >= 4 is 17.2 Å². The summed E-state index contributed by atoms with van der Waals surface area (Å²) in [5.41, 5.74) is 0. The minimum absolute atomic E-state index is 0.285. The first-order valence-corrected chi connectivity index (χ1v) is 10.9. The van der Waals surface area contributed by atoms with Crippen LogP contribution in [0.5, 0.6) is 0 Å². The Morgan fingerprint density at radius 1 is 1.16 bits per heavy atom. The molecule has 4 rings (SSSR count). The van der Waals surface area contributed by atoms with E-state index in [9.17, 15) is 4.79 Å². The molecule has 3 aliphatic rings. The highest BCUT2D eigenvalue weighted by Gasteiger charge is 2.34. The van der Waals surface area contributed by atoms with Gasteiger partial charge < -0.3 is 10.6 Å². The molecule has 2 bridgehead atoms. The second kappa shape index (κ2) is 8.19. The van der Waals surface area contributed by atoms with Crippen LogP contribution in [0.15, 0.2) is 17.5 Å². The Morgan fingerprint density at radius 2 is 1.92 bits per heavy atom. The van der Waals surface area contributed by atoms with Crippen LogP contribution >= 0.6 is 11.3 Å². The fourth-order valence-electron chi connectivity index (χ4n) is 4.91. The Labute approximate surface area is 155 Å². The highest BCUT2D eigenvalue weighted by atomic mass is 32.1. The summed E-state index contributed by atoms with van der Waals surface area (Å²) in [7, 11) is 0. The lowest BCUT2D eigenvalue weighted by atomic mass is 9.89. The number of amides is 1. The fraction of sp³-hybridized carbons (Fsp3) is 0.750. The number of likely N-dealkylation sites (tertiary alicyclic amines) is 1. The second-order valence-corrected chi connectivity index (χ2v) is 9.31. The molecule has 3 fully saturated rings. The molecule has 4 nitrogen and oxygen atoms in total. The Balaban J connectivity index is 1.13. The van der Waals surface area contributed by atoms with Crippen molar-refractivity contribution in [2.45, 2.75) is 63.6 Å². The first kappa shape index (κ1) is 17.5. The predicted octanol–water partition coefficient (Wildman–Crippen LogP) is 3.00. The van der Waals surface area contributed by atoms with E-state index in [0.717, 1.165) is 32.6 Å². The normalized spacial score (nSPS) is 30.5. The van der Waals surface area contributed by atoms with Crippen LogP contribution in [0, 0.1) is 11.8 Å². The van der Waals surface area contributed by atoms with Crippen LogP contribution in [-0.4, -0.2) is 42.5 Å². The topological polar surface area (TPSA) is 44.4 Å². The number of fused-ring (bicyclic) bond motifs is 2. The number of thiophene rings is 1. The van der Waals surface area contributed by atoms with Crippen molar-refractivity contribution in [1.82, 2.24) is 15.5 Å². The molecule has 0 aromatic carbocycles. The van der Waals surface area contributed by atoms with Crippen molar-refractivity contribution in [3.05, 3.63) is 22.4 Å². The number of nitrogens with one attached hydrogen (secondary N) is 2. The maximum atomic E-state index is 12.3. The summed E-state index contributed by atoms with van der Waals surface area (Å²) in [4.78, 5) is 16.3. The summed E-state index contributed by atoms with van der Waals surface area (Å²) in [6.45, 7) is 4.30. The van der Waals surface area contributed by atoms with Crippen LogP contribution < -0.4 is 10.6 Å². The van der Waals surface area contributed by atoms with E-state index >= 15 is 0 Å². The Bertz CT molecular complexity index is 541. The van der Waals surface area contributed by atoms with E-state index in [-0.39, 0.29) is 5.91 Å². The van der Waals surface area contributed by atoms with Gasteiger partial charge in [0.1, 0.15) is 0 Å². The van der Waals surface area contributed by atoms with Gasteiger partial charge in [-0.25, -0.2) is 0 Å². The lowest BCUT2D eigenvalue weighted by Gasteiger charge is -2.32. The smallest absolute Gasteiger partial charge is 0.220 e. The maximum absolute atomic E-state index is 12.3. The van der Waals surface area contributed by atoms with E-state index in [1.807, 2.05) is 11.3 Å². The van der Waals surface area contributed by atoms with Crippen LogP contribution in [-0.2, 0) is 11.3 Å². The zero-order chi connectivity index (χ0) is 17.1. The third-order valence-electron chi connectivity index (χ3n) is 6.30. The molecule has 1 amide bonds. The van der Waals surface area contributed by atoms with Gasteiger partial charge in [-0.1, -0.05) is 6.07 Å². The zero-order valence-electron chi connectivity index (χ0n) is 15.1. The van der Waals surface area contributed by atoms with Crippen molar-refractivity contribution in [3.63, 3.8) is 0 Å². The number of hydrogen-bond donors (Lipinski definition) is 2. The minimum atomic E-state index is 0.285. The molecule has 2 atom stereocenters. The molecule has 2 N–H and O–H groups in total. The highest BCUT2D eigenvalue weighted by Crippen LogP contribution is 2.32. The molecule has 0 aliphatic carbocycles.